The predicted octanol–water partition coefficient (Wildman–Crippen LogP) is 10.1. The van der Waals surface area contributed by atoms with Crippen LogP contribution in [0.3, 0.4) is 0 Å². The average Bonchev–Trinajstić information content (AvgIpc) is 3.75. The summed E-state index contributed by atoms with van der Waals surface area (Å²) in [5.74, 6) is 0.811. The second-order valence-corrected chi connectivity index (χ2v) is 30.7. The van der Waals surface area contributed by atoms with Gasteiger partial charge in [0.05, 0.1) is 69.5 Å². The fourth-order valence-electron chi connectivity index (χ4n) is 6.86. The molecule has 2 aromatic rings. The lowest BCUT2D eigenvalue weighted by molar-refractivity contribution is 0.0634. The van der Waals surface area contributed by atoms with Gasteiger partial charge in [-0.05, 0) is 82.0 Å². The second kappa shape index (κ2) is 20.3. The molecule has 3 N–H and O–H groups in total. The molecule has 2 aliphatic rings. The Balaban J connectivity index is 1.48. The number of likely N-dealkylation sites (tertiary alicyclic amines) is 2. The van der Waals surface area contributed by atoms with Gasteiger partial charge in [-0.1, -0.05) is 65.8 Å². The highest BCUT2D eigenvalue weighted by molar-refractivity contribution is 6.74. The quantitative estimate of drug-likeness (QED) is 0.0673. The molecule has 2 fully saturated rings. The summed E-state index contributed by atoms with van der Waals surface area (Å²) in [6.07, 6.45) is 0.968. The number of nitrogens with zero attached hydrogens (tertiary/aromatic N) is 2. The smallest absolute Gasteiger partial charge is 0.412 e. The molecule has 0 aliphatic carbocycles. The summed E-state index contributed by atoms with van der Waals surface area (Å²) in [5, 5.41) is 2.82. The third kappa shape index (κ3) is 13.1. The van der Waals surface area contributed by atoms with Crippen molar-refractivity contribution in [3.63, 3.8) is 0 Å². The van der Waals surface area contributed by atoms with E-state index in [1.165, 1.54) is 14.2 Å². The Morgan fingerprint density at radius 1 is 0.688 bits per heavy atom. The number of hydrogen-bond acceptors (Lipinski definition) is 11. The summed E-state index contributed by atoms with van der Waals surface area (Å²) in [4.78, 5) is 45.1. The van der Waals surface area contributed by atoms with Gasteiger partial charge in [-0.3, -0.25) is 14.9 Å². The molecule has 4 rings (SSSR count). The van der Waals surface area contributed by atoms with Gasteiger partial charge in [0.25, 0.3) is 11.8 Å². The van der Waals surface area contributed by atoms with E-state index in [1.54, 1.807) is 54.8 Å². The van der Waals surface area contributed by atoms with Crippen molar-refractivity contribution >= 4 is 45.9 Å². The van der Waals surface area contributed by atoms with Crippen molar-refractivity contribution in [3.05, 3.63) is 59.7 Å². The van der Waals surface area contributed by atoms with Crippen LogP contribution < -0.4 is 30.0 Å². The first kappa shape index (κ1) is 52.1. The lowest BCUT2D eigenvalue weighted by atomic mass is 10.1. The first-order valence-corrected chi connectivity index (χ1v) is 28.0. The van der Waals surface area contributed by atoms with E-state index in [2.05, 4.69) is 86.2 Å². The van der Waals surface area contributed by atoms with Crippen LogP contribution in [0.4, 0.5) is 16.2 Å². The number of rotatable bonds is 17. The van der Waals surface area contributed by atoms with Gasteiger partial charge in [0.1, 0.15) is 5.60 Å². The number of anilines is 2. The topological polar surface area (TPSA) is 160 Å². The first-order chi connectivity index (χ1) is 29.5. The zero-order chi connectivity index (χ0) is 48.2. The molecule has 0 aromatic heterocycles. The predicted molar refractivity (Wildman–Crippen MR) is 259 cm³/mol. The minimum absolute atomic E-state index is 0.00120. The van der Waals surface area contributed by atoms with Crippen molar-refractivity contribution in [2.45, 2.75) is 136 Å². The van der Waals surface area contributed by atoms with Gasteiger partial charge in [-0.25, -0.2) is 4.79 Å². The van der Waals surface area contributed by atoms with Crippen molar-refractivity contribution in [3.8, 4) is 23.0 Å². The standard InChI is InChI=1S/C48H76N4O10Si2/c1-31-21-33(29-60-63(14,15)47(6,7)8)51(27-31)43(53)35-23-39(56-12)41(25-37(35)49)58-19-18-20-59-42-26-38(50-45(55)62-46(3,4)5)36(24-40(42)57-13)44(54)52-28-32(2)22-34(52)30-61-64(16,17)48(9,10)11/h23-26,33-34H,1-2,18-22,27-30,49H2,3-17H3,(H,50,55). The van der Waals surface area contributed by atoms with Gasteiger partial charge in [0, 0.05) is 37.3 Å². The lowest BCUT2D eigenvalue weighted by Gasteiger charge is -2.38. The van der Waals surface area contributed by atoms with Crippen molar-refractivity contribution < 1.29 is 46.9 Å². The third-order valence-corrected chi connectivity index (χ3v) is 21.7. The molecular weight excluding hydrogens is 849 g/mol. The Bertz CT molecular complexity index is 2050. The maximum absolute atomic E-state index is 14.4. The molecule has 2 aromatic carbocycles. The molecule has 2 aliphatic heterocycles. The number of carbonyl (C=O) groups excluding carboxylic acids is 3. The molecular formula is C48H76N4O10Si2. The number of amides is 3. The Morgan fingerprint density at radius 2 is 1.11 bits per heavy atom. The van der Waals surface area contributed by atoms with E-state index in [9.17, 15) is 14.4 Å². The molecule has 16 heteroatoms. The van der Waals surface area contributed by atoms with Crippen LogP contribution in [0.5, 0.6) is 23.0 Å². The second-order valence-electron chi connectivity index (χ2n) is 21.0. The zero-order valence-electron chi connectivity index (χ0n) is 41.3. The molecule has 0 bridgehead atoms. The number of hydrogen-bond donors (Lipinski definition) is 2. The third-order valence-electron chi connectivity index (χ3n) is 12.7. The summed E-state index contributed by atoms with van der Waals surface area (Å²) in [5.41, 5.74) is 8.60. The van der Waals surface area contributed by atoms with Crippen LogP contribution in [0.15, 0.2) is 48.6 Å². The van der Waals surface area contributed by atoms with Gasteiger partial charge in [-0.2, -0.15) is 0 Å². The number of nitrogens with two attached hydrogens (primary N) is 1. The Hall–Kier alpha value is -4.52. The maximum Gasteiger partial charge on any atom is 0.412 e. The summed E-state index contributed by atoms with van der Waals surface area (Å²) in [6.45, 7) is 37.5. The number of carbonyl (C=O) groups is 3. The van der Waals surface area contributed by atoms with Crippen LogP contribution in [0, 0.1) is 0 Å². The van der Waals surface area contributed by atoms with Gasteiger partial charge < -0.3 is 48.1 Å². The van der Waals surface area contributed by atoms with Crippen molar-refractivity contribution in [1.82, 2.24) is 9.80 Å². The van der Waals surface area contributed by atoms with E-state index in [0.717, 1.165) is 11.1 Å². The molecule has 0 spiro atoms. The first-order valence-electron chi connectivity index (χ1n) is 22.2. The molecule has 0 saturated carbocycles. The van der Waals surface area contributed by atoms with E-state index in [4.69, 9.17) is 38.3 Å². The molecule has 2 heterocycles. The molecule has 2 saturated heterocycles. The van der Waals surface area contributed by atoms with Crippen molar-refractivity contribution in [1.29, 1.82) is 0 Å². The molecule has 2 unspecified atom stereocenters. The molecule has 0 radical (unpaired) electrons. The van der Waals surface area contributed by atoms with Crippen molar-refractivity contribution in [2.75, 3.05) is 64.8 Å². The Labute approximate surface area is 384 Å². The minimum Gasteiger partial charge on any atom is -0.493 e. The van der Waals surface area contributed by atoms with Gasteiger partial charge in [0.15, 0.2) is 39.6 Å². The fourth-order valence-corrected chi connectivity index (χ4v) is 8.95. The van der Waals surface area contributed by atoms with E-state index < -0.39 is 28.3 Å². The summed E-state index contributed by atoms with van der Waals surface area (Å²) in [6, 6.07) is 5.99. The average molecular weight is 925 g/mol. The number of nitrogen functional groups attached to an aromatic ring is 1. The zero-order valence-corrected chi connectivity index (χ0v) is 43.3. The number of methoxy groups -OCH3 is 2. The van der Waals surface area contributed by atoms with Crippen LogP contribution in [-0.4, -0.2) is 116 Å². The van der Waals surface area contributed by atoms with Crippen molar-refractivity contribution in [2.24, 2.45) is 0 Å². The summed E-state index contributed by atoms with van der Waals surface area (Å²) < 4.78 is 42.3. The van der Waals surface area contributed by atoms with Crippen LogP contribution in [0.1, 0.15) is 102 Å². The maximum atomic E-state index is 14.4. The van der Waals surface area contributed by atoms with Gasteiger partial charge in [0.2, 0.25) is 0 Å². The van der Waals surface area contributed by atoms with E-state index >= 15 is 0 Å². The van der Waals surface area contributed by atoms with Crippen LogP contribution in [-0.2, 0) is 13.6 Å². The highest BCUT2D eigenvalue weighted by Gasteiger charge is 2.42. The molecule has 2 atom stereocenters. The molecule has 3 amide bonds. The minimum atomic E-state index is -2.11. The SMILES string of the molecule is C=C1CC(CO[Si](C)(C)C(C)(C)C)N(C(=O)c2cc(OC)c(OCCCOc3cc(NC(=O)OC(C)(C)C)c(C(=O)N4CC(=C)CC4CO[Si](C)(C)C(C)(C)C)cc3OC)cc2N)C1. The number of nitrogens with one attached hydrogen (secondary N) is 1. The van der Waals surface area contributed by atoms with E-state index in [0.29, 0.717) is 74.1 Å². The normalized spacial score (nSPS) is 17.4. The molecule has 64 heavy (non-hydrogen) atoms. The Morgan fingerprint density at radius 3 is 1.53 bits per heavy atom. The van der Waals surface area contributed by atoms with Crippen LogP contribution in [0.2, 0.25) is 36.3 Å². The highest BCUT2D eigenvalue weighted by atomic mass is 28.4. The van der Waals surface area contributed by atoms with Gasteiger partial charge in [-0.15, -0.1) is 0 Å². The van der Waals surface area contributed by atoms with Crippen LogP contribution in [0.25, 0.3) is 0 Å². The van der Waals surface area contributed by atoms with Crippen LogP contribution >= 0.6 is 0 Å². The fraction of sp³-hybridized carbons (Fsp3) is 0.604. The van der Waals surface area contributed by atoms with Gasteiger partial charge >= 0.3 is 6.09 Å². The summed E-state index contributed by atoms with van der Waals surface area (Å²) >= 11 is 0. The highest BCUT2D eigenvalue weighted by Crippen LogP contribution is 2.41. The number of benzene rings is 2. The summed E-state index contributed by atoms with van der Waals surface area (Å²) in [7, 11) is -1.15. The molecule has 356 valence electrons. The van der Waals surface area contributed by atoms with E-state index in [1.807, 2.05) is 0 Å². The largest absolute Gasteiger partial charge is 0.493 e. The monoisotopic (exact) mass is 925 g/mol. The number of ether oxygens (including phenoxy) is 5. The van der Waals surface area contributed by atoms with E-state index in [-0.39, 0.29) is 64.1 Å². The molecule has 14 nitrogen and oxygen atoms in total. The Kier molecular flexibility index (Phi) is 16.6. The lowest BCUT2D eigenvalue weighted by Crippen LogP contribution is -2.46.